The molecule has 34 heavy (non-hydrogen) atoms. The van der Waals surface area contributed by atoms with Crippen molar-refractivity contribution < 1.29 is 14.3 Å². The normalized spacial score (nSPS) is 15.0. The van der Waals surface area contributed by atoms with E-state index in [1.54, 1.807) is 16.8 Å². The SMILES string of the molecule is C=C1N(C)C(=O)C(N(CNCCCCCC)Cc2cc3c(cc2CC)OCO3)=C(N)N1C.CC. The molecule has 190 valence electrons. The van der Waals surface area contributed by atoms with Crippen LogP contribution in [0.4, 0.5) is 0 Å². The number of benzene rings is 1. The summed E-state index contributed by atoms with van der Waals surface area (Å²) in [7, 11) is 3.55. The maximum atomic E-state index is 13.2. The Balaban J connectivity index is 0.00000199. The summed E-state index contributed by atoms with van der Waals surface area (Å²) < 4.78 is 11.2. The van der Waals surface area contributed by atoms with Crippen molar-refractivity contribution in [2.24, 2.45) is 5.73 Å². The molecule has 8 nitrogen and oxygen atoms in total. The largest absolute Gasteiger partial charge is 0.454 e. The highest BCUT2D eigenvalue weighted by Gasteiger charge is 2.33. The Hall–Kier alpha value is -2.87. The molecule has 1 aromatic carbocycles. The van der Waals surface area contributed by atoms with Gasteiger partial charge < -0.3 is 25.0 Å². The molecule has 2 heterocycles. The van der Waals surface area contributed by atoms with Crippen molar-refractivity contribution in [2.75, 3.05) is 34.1 Å². The van der Waals surface area contributed by atoms with Crippen LogP contribution in [-0.4, -0.2) is 54.7 Å². The van der Waals surface area contributed by atoms with Crippen molar-refractivity contribution in [1.82, 2.24) is 20.0 Å². The quantitative estimate of drug-likeness (QED) is 0.372. The van der Waals surface area contributed by atoms with Crippen LogP contribution in [0, 0.1) is 0 Å². The second kappa shape index (κ2) is 13.1. The van der Waals surface area contributed by atoms with Gasteiger partial charge in [-0.3, -0.25) is 15.0 Å². The Morgan fingerprint density at radius 2 is 1.71 bits per heavy atom. The van der Waals surface area contributed by atoms with E-state index in [0.29, 0.717) is 30.6 Å². The van der Waals surface area contributed by atoms with E-state index in [0.717, 1.165) is 42.0 Å². The zero-order valence-corrected chi connectivity index (χ0v) is 21.9. The number of amides is 1. The summed E-state index contributed by atoms with van der Waals surface area (Å²) in [5.41, 5.74) is 9.16. The minimum atomic E-state index is -0.155. The number of nitrogens with one attached hydrogen (secondary N) is 1. The van der Waals surface area contributed by atoms with E-state index in [1.165, 1.54) is 19.3 Å². The number of rotatable bonds is 11. The van der Waals surface area contributed by atoms with Gasteiger partial charge in [0.15, 0.2) is 11.5 Å². The number of likely N-dealkylation sites (N-methyl/N-ethyl adjacent to an activating group) is 1. The smallest absolute Gasteiger partial charge is 0.279 e. The van der Waals surface area contributed by atoms with Crippen molar-refractivity contribution in [3.8, 4) is 11.5 Å². The molecule has 0 radical (unpaired) electrons. The highest BCUT2D eigenvalue weighted by atomic mass is 16.7. The van der Waals surface area contributed by atoms with Crippen LogP contribution in [0.1, 0.15) is 64.5 Å². The number of hydrogen-bond acceptors (Lipinski definition) is 7. The predicted molar refractivity (Wildman–Crippen MR) is 137 cm³/mol. The summed E-state index contributed by atoms with van der Waals surface area (Å²) in [6.07, 6.45) is 5.59. The van der Waals surface area contributed by atoms with Gasteiger partial charge in [0.1, 0.15) is 17.3 Å². The number of nitrogens with two attached hydrogens (primary N) is 1. The number of unbranched alkanes of at least 4 members (excludes halogenated alkanes) is 3. The zero-order valence-electron chi connectivity index (χ0n) is 21.9. The zero-order chi connectivity index (χ0) is 25.3. The van der Waals surface area contributed by atoms with Gasteiger partial charge in [0, 0.05) is 20.6 Å². The molecular formula is C26H43N5O3. The van der Waals surface area contributed by atoms with Crippen LogP contribution in [0.15, 0.2) is 36.1 Å². The van der Waals surface area contributed by atoms with Gasteiger partial charge in [-0.2, -0.15) is 0 Å². The third kappa shape index (κ3) is 6.17. The minimum Gasteiger partial charge on any atom is -0.454 e. The van der Waals surface area contributed by atoms with Crippen molar-refractivity contribution in [3.05, 3.63) is 47.2 Å². The Kier molecular flexibility index (Phi) is 10.6. The predicted octanol–water partition coefficient (Wildman–Crippen LogP) is 3.94. The van der Waals surface area contributed by atoms with Gasteiger partial charge in [-0.15, -0.1) is 0 Å². The monoisotopic (exact) mass is 473 g/mol. The first-order chi connectivity index (χ1) is 16.4. The first-order valence-electron chi connectivity index (χ1n) is 12.5. The fourth-order valence-corrected chi connectivity index (χ4v) is 4.02. The lowest BCUT2D eigenvalue weighted by atomic mass is 10.0. The summed E-state index contributed by atoms with van der Waals surface area (Å²) in [4.78, 5) is 18.5. The van der Waals surface area contributed by atoms with E-state index < -0.39 is 0 Å². The molecule has 1 aromatic rings. The van der Waals surface area contributed by atoms with E-state index >= 15 is 0 Å². The maximum absolute atomic E-state index is 13.2. The topological polar surface area (TPSA) is 83.3 Å². The van der Waals surface area contributed by atoms with Gasteiger partial charge in [0.2, 0.25) is 6.79 Å². The fraction of sp³-hybridized carbons (Fsp3) is 0.577. The van der Waals surface area contributed by atoms with Gasteiger partial charge in [-0.1, -0.05) is 53.5 Å². The van der Waals surface area contributed by atoms with Crippen LogP contribution in [0.25, 0.3) is 0 Å². The molecule has 0 fully saturated rings. The molecule has 0 bridgehead atoms. The average molecular weight is 474 g/mol. The third-order valence-corrected chi connectivity index (χ3v) is 6.15. The highest BCUT2D eigenvalue weighted by molar-refractivity contribution is 5.95. The lowest BCUT2D eigenvalue weighted by Gasteiger charge is -2.39. The molecule has 2 aliphatic heterocycles. The lowest BCUT2D eigenvalue weighted by Crippen LogP contribution is -2.49. The van der Waals surface area contributed by atoms with Crippen molar-refractivity contribution in [3.63, 3.8) is 0 Å². The second-order valence-corrected chi connectivity index (χ2v) is 8.32. The number of fused-ring (bicyclic) bond motifs is 1. The summed E-state index contributed by atoms with van der Waals surface area (Å²) >= 11 is 0. The van der Waals surface area contributed by atoms with Crippen LogP contribution >= 0.6 is 0 Å². The number of ether oxygens (including phenoxy) is 2. The van der Waals surface area contributed by atoms with Crippen LogP contribution in [0.5, 0.6) is 11.5 Å². The minimum absolute atomic E-state index is 0.155. The van der Waals surface area contributed by atoms with Gasteiger partial charge in [0.25, 0.3) is 5.91 Å². The van der Waals surface area contributed by atoms with Crippen molar-refractivity contribution in [1.29, 1.82) is 0 Å². The first kappa shape index (κ1) is 27.4. The first-order valence-corrected chi connectivity index (χ1v) is 12.5. The molecular weight excluding hydrogens is 430 g/mol. The molecule has 0 spiro atoms. The number of hydrogen-bond donors (Lipinski definition) is 2. The van der Waals surface area contributed by atoms with Crippen molar-refractivity contribution >= 4 is 5.91 Å². The Morgan fingerprint density at radius 3 is 2.32 bits per heavy atom. The average Bonchev–Trinajstić information content (AvgIpc) is 3.31. The Morgan fingerprint density at radius 1 is 1.06 bits per heavy atom. The van der Waals surface area contributed by atoms with E-state index in [1.807, 2.05) is 37.9 Å². The highest BCUT2D eigenvalue weighted by Crippen LogP contribution is 2.36. The number of carbonyl (C=O) groups is 1. The standard InChI is InChI=1S/C24H37N5O3.C2H6/c1-6-8-9-10-11-26-15-29(22-23(25)27(4)17(3)28(5)24(22)30)14-19-13-21-20(31-16-32-21)12-18(19)7-2;1-2/h12-13,26H,3,6-11,14-16,25H2,1-2,4-5H3;1-2H3. The molecule has 8 heteroatoms. The molecule has 0 aliphatic carbocycles. The molecule has 0 aromatic heterocycles. The van der Waals surface area contributed by atoms with Crippen LogP contribution in [0.3, 0.4) is 0 Å². The van der Waals surface area contributed by atoms with Gasteiger partial charge >= 0.3 is 0 Å². The molecule has 0 saturated heterocycles. The summed E-state index contributed by atoms with van der Waals surface area (Å²) in [6.45, 7) is 14.5. The molecule has 1 amide bonds. The second-order valence-electron chi connectivity index (χ2n) is 8.32. The molecule has 0 saturated carbocycles. The fourth-order valence-electron chi connectivity index (χ4n) is 4.02. The van der Waals surface area contributed by atoms with E-state index in [9.17, 15) is 4.79 Å². The summed E-state index contributed by atoms with van der Waals surface area (Å²) in [6, 6.07) is 4.06. The van der Waals surface area contributed by atoms with E-state index in [4.69, 9.17) is 15.2 Å². The van der Waals surface area contributed by atoms with Crippen LogP contribution in [0.2, 0.25) is 0 Å². The molecule has 3 N–H and O–H groups in total. The molecule has 0 unspecified atom stereocenters. The van der Waals surface area contributed by atoms with Gasteiger partial charge in [-0.25, -0.2) is 0 Å². The number of aryl methyl sites for hydroxylation is 1. The number of carbonyl (C=O) groups excluding carboxylic acids is 1. The third-order valence-electron chi connectivity index (χ3n) is 6.15. The van der Waals surface area contributed by atoms with Crippen LogP contribution in [-0.2, 0) is 17.8 Å². The van der Waals surface area contributed by atoms with Crippen LogP contribution < -0.4 is 20.5 Å². The van der Waals surface area contributed by atoms with E-state index in [2.05, 4.69) is 25.7 Å². The van der Waals surface area contributed by atoms with Crippen molar-refractivity contribution in [2.45, 2.75) is 66.3 Å². The molecule has 0 atom stereocenters. The number of nitrogens with zero attached hydrogens (tertiary/aromatic N) is 3. The molecule has 2 aliphatic rings. The van der Waals surface area contributed by atoms with Gasteiger partial charge in [0.05, 0.1) is 6.67 Å². The summed E-state index contributed by atoms with van der Waals surface area (Å²) in [5, 5.41) is 3.50. The lowest BCUT2D eigenvalue weighted by molar-refractivity contribution is -0.128. The Bertz CT molecular complexity index is 883. The van der Waals surface area contributed by atoms with E-state index in [-0.39, 0.29) is 12.7 Å². The maximum Gasteiger partial charge on any atom is 0.279 e. The van der Waals surface area contributed by atoms with Gasteiger partial charge in [-0.05, 0) is 42.6 Å². The summed E-state index contributed by atoms with van der Waals surface area (Å²) in [5.74, 6) is 2.32. The molecule has 3 rings (SSSR count). The Labute approximate surface area is 205 Å².